The van der Waals surface area contributed by atoms with Crippen molar-refractivity contribution in [3.05, 3.63) is 17.2 Å². The van der Waals surface area contributed by atoms with Gasteiger partial charge in [0.1, 0.15) is 11.5 Å². The largest absolute Gasteiger partial charge is 0.495 e. The minimum absolute atomic E-state index is 0.0378. The van der Waals surface area contributed by atoms with Crippen LogP contribution in [0, 0.1) is 0 Å². The number of nitrogens with one attached hydrogen (secondary N) is 1. The topological polar surface area (TPSA) is 50.7 Å². The van der Waals surface area contributed by atoms with Crippen LogP contribution >= 0.6 is 11.6 Å². The van der Waals surface area contributed by atoms with Crippen LogP contribution in [0.3, 0.4) is 0 Å². The van der Waals surface area contributed by atoms with Gasteiger partial charge in [-0.15, -0.1) is 0 Å². The van der Waals surface area contributed by atoms with Crippen molar-refractivity contribution in [2.24, 2.45) is 0 Å². The molecule has 1 aromatic carbocycles. The number of ether oxygens (including phenoxy) is 2. The highest BCUT2D eigenvalue weighted by molar-refractivity contribution is 6.32. The van der Waals surface area contributed by atoms with Crippen molar-refractivity contribution >= 4 is 17.3 Å². The van der Waals surface area contributed by atoms with E-state index in [2.05, 4.69) is 5.32 Å². The molecule has 112 valence electrons. The lowest BCUT2D eigenvalue weighted by molar-refractivity contribution is 0.144. The van der Waals surface area contributed by atoms with Crippen molar-refractivity contribution in [1.82, 2.24) is 0 Å². The predicted octanol–water partition coefficient (Wildman–Crippen LogP) is 3.46. The molecule has 1 saturated carbocycles. The Bertz CT molecular complexity index is 453. The molecule has 0 bridgehead atoms. The van der Waals surface area contributed by atoms with Crippen LogP contribution in [0.2, 0.25) is 5.02 Å². The summed E-state index contributed by atoms with van der Waals surface area (Å²) in [5.41, 5.74) is 0.796. The molecular weight excluding hydrogens is 278 g/mol. The summed E-state index contributed by atoms with van der Waals surface area (Å²) in [5, 5.41) is 14.1. The van der Waals surface area contributed by atoms with Crippen molar-refractivity contribution in [2.75, 3.05) is 19.5 Å². The summed E-state index contributed by atoms with van der Waals surface area (Å²) in [6, 6.07) is 3.58. The normalized spacial score (nSPS) is 23.0. The highest BCUT2D eigenvalue weighted by Crippen LogP contribution is 2.37. The van der Waals surface area contributed by atoms with Crippen molar-refractivity contribution in [2.45, 2.75) is 44.2 Å². The Morgan fingerprint density at radius 2 is 1.80 bits per heavy atom. The molecule has 2 N–H and O–H groups in total. The van der Waals surface area contributed by atoms with Crippen LogP contribution in [0.5, 0.6) is 11.5 Å². The number of aliphatic hydroxyl groups is 1. The van der Waals surface area contributed by atoms with E-state index in [-0.39, 0.29) is 12.1 Å². The van der Waals surface area contributed by atoms with E-state index >= 15 is 0 Å². The number of halogens is 1. The fourth-order valence-electron chi connectivity index (χ4n) is 2.63. The predicted molar refractivity (Wildman–Crippen MR) is 81.1 cm³/mol. The first-order chi connectivity index (χ1) is 9.65. The zero-order chi connectivity index (χ0) is 14.5. The quantitative estimate of drug-likeness (QED) is 0.836. The maximum Gasteiger partial charge on any atom is 0.145 e. The Hall–Kier alpha value is -1.13. The summed E-state index contributed by atoms with van der Waals surface area (Å²) < 4.78 is 10.6. The van der Waals surface area contributed by atoms with Crippen LogP contribution in [-0.4, -0.2) is 31.5 Å². The van der Waals surface area contributed by atoms with Gasteiger partial charge in [-0.1, -0.05) is 30.9 Å². The minimum Gasteiger partial charge on any atom is -0.495 e. The molecule has 1 aromatic rings. The van der Waals surface area contributed by atoms with E-state index in [4.69, 9.17) is 21.1 Å². The lowest BCUT2D eigenvalue weighted by Gasteiger charge is -2.24. The van der Waals surface area contributed by atoms with E-state index in [1.54, 1.807) is 26.4 Å². The summed E-state index contributed by atoms with van der Waals surface area (Å²) >= 11 is 6.16. The molecule has 0 saturated heterocycles. The molecule has 1 aliphatic rings. The SMILES string of the molecule is COc1cc(OC)c(NC2CCCCCC2O)cc1Cl. The van der Waals surface area contributed by atoms with Crippen molar-refractivity contribution in [3.63, 3.8) is 0 Å². The fourth-order valence-corrected chi connectivity index (χ4v) is 2.87. The number of aliphatic hydroxyl groups excluding tert-OH is 1. The first-order valence-electron chi connectivity index (χ1n) is 7.02. The molecule has 0 amide bonds. The molecule has 0 radical (unpaired) electrons. The van der Waals surface area contributed by atoms with Crippen LogP contribution in [0.25, 0.3) is 0 Å². The number of hydrogen-bond acceptors (Lipinski definition) is 4. The number of rotatable bonds is 4. The number of hydrogen-bond donors (Lipinski definition) is 2. The van der Waals surface area contributed by atoms with Gasteiger partial charge in [-0.3, -0.25) is 0 Å². The van der Waals surface area contributed by atoms with E-state index in [9.17, 15) is 5.11 Å². The average molecular weight is 300 g/mol. The molecule has 5 heteroatoms. The van der Waals surface area contributed by atoms with Crippen molar-refractivity contribution in [1.29, 1.82) is 0 Å². The molecule has 0 heterocycles. The van der Waals surface area contributed by atoms with Gasteiger partial charge >= 0.3 is 0 Å². The van der Waals surface area contributed by atoms with Crippen LogP contribution in [0.1, 0.15) is 32.1 Å². The van der Waals surface area contributed by atoms with Crippen molar-refractivity contribution in [3.8, 4) is 11.5 Å². The summed E-state index contributed by atoms with van der Waals surface area (Å²) in [6.07, 6.45) is 4.84. The summed E-state index contributed by atoms with van der Waals surface area (Å²) in [5.74, 6) is 1.25. The standard InChI is InChI=1S/C15H22ClNO3/c1-19-14-9-15(20-2)12(8-10(14)16)17-11-6-4-3-5-7-13(11)18/h8-9,11,13,17-18H,3-7H2,1-2H3. The molecule has 0 aliphatic heterocycles. The van der Waals surface area contributed by atoms with Crippen LogP contribution in [-0.2, 0) is 0 Å². The second-order valence-corrected chi connectivity index (χ2v) is 5.55. The molecule has 2 atom stereocenters. The molecule has 2 unspecified atom stereocenters. The second-order valence-electron chi connectivity index (χ2n) is 5.14. The summed E-state index contributed by atoms with van der Waals surface area (Å²) in [4.78, 5) is 0. The third-order valence-electron chi connectivity index (χ3n) is 3.79. The molecular formula is C15H22ClNO3. The van der Waals surface area contributed by atoms with Crippen molar-refractivity contribution < 1.29 is 14.6 Å². The van der Waals surface area contributed by atoms with E-state index in [1.165, 1.54) is 6.42 Å². The summed E-state index contributed by atoms with van der Waals surface area (Å²) in [6.45, 7) is 0. The third kappa shape index (κ3) is 3.49. The van der Waals surface area contributed by atoms with E-state index in [0.717, 1.165) is 31.4 Å². The number of methoxy groups -OCH3 is 2. The highest BCUT2D eigenvalue weighted by atomic mass is 35.5. The summed E-state index contributed by atoms with van der Waals surface area (Å²) in [7, 11) is 3.18. The van der Waals surface area contributed by atoms with Gasteiger partial charge in [0.15, 0.2) is 0 Å². The van der Waals surface area contributed by atoms with E-state index in [0.29, 0.717) is 16.5 Å². The van der Waals surface area contributed by atoms with Crippen LogP contribution < -0.4 is 14.8 Å². The zero-order valence-electron chi connectivity index (χ0n) is 12.0. The van der Waals surface area contributed by atoms with Gasteiger partial charge in [0, 0.05) is 6.07 Å². The van der Waals surface area contributed by atoms with E-state index < -0.39 is 0 Å². The zero-order valence-corrected chi connectivity index (χ0v) is 12.7. The molecule has 1 aliphatic carbocycles. The molecule has 20 heavy (non-hydrogen) atoms. The van der Waals surface area contributed by atoms with Gasteiger partial charge in [-0.05, 0) is 18.9 Å². The minimum atomic E-state index is -0.330. The van der Waals surface area contributed by atoms with Gasteiger partial charge in [0.25, 0.3) is 0 Å². The Morgan fingerprint density at radius 3 is 2.50 bits per heavy atom. The first kappa shape index (κ1) is 15.3. The lowest BCUT2D eigenvalue weighted by Crippen LogP contribution is -2.32. The second kappa shape index (κ2) is 7.04. The third-order valence-corrected chi connectivity index (χ3v) is 4.09. The Balaban J connectivity index is 2.20. The Labute approximate surface area is 125 Å². The molecule has 0 spiro atoms. The maximum absolute atomic E-state index is 10.2. The monoisotopic (exact) mass is 299 g/mol. The van der Waals surface area contributed by atoms with Crippen LogP contribution in [0.15, 0.2) is 12.1 Å². The van der Waals surface area contributed by atoms with Gasteiger partial charge in [0.2, 0.25) is 0 Å². The molecule has 4 nitrogen and oxygen atoms in total. The van der Waals surface area contributed by atoms with Gasteiger partial charge in [-0.25, -0.2) is 0 Å². The first-order valence-corrected chi connectivity index (χ1v) is 7.39. The van der Waals surface area contributed by atoms with Gasteiger partial charge in [-0.2, -0.15) is 0 Å². The smallest absolute Gasteiger partial charge is 0.145 e. The Morgan fingerprint density at radius 1 is 1.10 bits per heavy atom. The maximum atomic E-state index is 10.2. The van der Waals surface area contributed by atoms with E-state index in [1.807, 2.05) is 0 Å². The van der Waals surface area contributed by atoms with Gasteiger partial charge in [0.05, 0.1) is 37.1 Å². The molecule has 1 fully saturated rings. The van der Waals surface area contributed by atoms with Crippen LogP contribution in [0.4, 0.5) is 5.69 Å². The molecule has 0 aromatic heterocycles. The number of benzene rings is 1. The Kier molecular flexibility index (Phi) is 5.38. The fraction of sp³-hybridized carbons (Fsp3) is 0.600. The average Bonchev–Trinajstić information content (AvgIpc) is 2.64. The number of anilines is 1. The van der Waals surface area contributed by atoms with Gasteiger partial charge < -0.3 is 19.9 Å². The highest BCUT2D eigenvalue weighted by Gasteiger charge is 2.23. The lowest BCUT2D eigenvalue weighted by atomic mass is 10.1. The molecule has 2 rings (SSSR count).